The topological polar surface area (TPSA) is 78.4 Å². The van der Waals surface area contributed by atoms with Gasteiger partial charge in [-0.2, -0.15) is 0 Å². The number of amides is 2. The highest BCUT2D eigenvalue weighted by atomic mass is 19.1. The molecule has 0 aliphatic carbocycles. The predicted molar refractivity (Wildman–Crippen MR) is 95.3 cm³/mol. The molecule has 2 aromatic carbocycles. The van der Waals surface area contributed by atoms with Crippen molar-refractivity contribution in [1.29, 1.82) is 0 Å². The fourth-order valence-electron chi connectivity index (χ4n) is 2.07. The van der Waals surface area contributed by atoms with E-state index < -0.39 is 17.1 Å². The van der Waals surface area contributed by atoms with Crippen molar-refractivity contribution in [3.05, 3.63) is 53.3 Å². The third-order valence-corrected chi connectivity index (χ3v) is 3.61. The molecule has 0 aromatic heterocycles. The summed E-state index contributed by atoms with van der Waals surface area (Å²) in [6.07, 6.45) is 0. The van der Waals surface area contributed by atoms with E-state index in [-0.39, 0.29) is 17.2 Å². The molecule has 3 N–H and O–H groups in total. The number of rotatable bonds is 3. The average molecular weight is 344 g/mol. The van der Waals surface area contributed by atoms with Gasteiger partial charge in [-0.25, -0.2) is 4.39 Å². The van der Waals surface area contributed by atoms with E-state index in [1.165, 1.54) is 30.3 Å². The van der Waals surface area contributed by atoms with Crippen LogP contribution in [-0.2, 0) is 4.79 Å². The normalized spacial score (nSPS) is 11.1. The summed E-state index contributed by atoms with van der Waals surface area (Å²) in [5, 5.41) is 14.7. The number of aromatic hydroxyl groups is 1. The van der Waals surface area contributed by atoms with E-state index in [0.717, 1.165) is 6.07 Å². The molecular formula is C19H21FN2O3. The van der Waals surface area contributed by atoms with Crippen LogP contribution >= 0.6 is 0 Å². The van der Waals surface area contributed by atoms with Crippen LogP contribution in [-0.4, -0.2) is 16.9 Å². The van der Waals surface area contributed by atoms with Crippen molar-refractivity contribution >= 4 is 23.2 Å². The van der Waals surface area contributed by atoms with Gasteiger partial charge in [0.25, 0.3) is 5.91 Å². The van der Waals surface area contributed by atoms with Crippen LogP contribution in [0.25, 0.3) is 0 Å². The van der Waals surface area contributed by atoms with Crippen molar-refractivity contribution in [2.24, 2.45) is 5.41 Å². The van der Waals surface area contributed by atoms with Crippen LogP contribution in [0.5, 0.6) is 5.75 Å². The lowest BCUT2D eigenvalue weighted by Gasteiger charge is -2.18. The number of nitrogens with one attached hydrogen (secondary N) is 2. The molecule has 2 aromatic rings. The number of phenolic OH excluding ortho intramolecular Hbond substituents is 1. The van der Waals surface area contributed by atoms with Gasteiger partial charge in [-0.05, 0) is 48.9 Å². The Kier molecular flexibility index (Phi) is 5.11. The summed E-state index contributed by atoms with van der Waals surface area (Å²) in [7, 11) is 0. The maximum Gasteiger partial charge on any atom is 0.258 e. The highest BCUT2D eigenvalue weighted by molar-refractivity contribution is 6.06. The smallest absolute Gasteiger partial charge is 0.258 e. The summed E-state index contributed by atoms with van der Waals surface area (Å²) >= 11 is 0. The molecule has 0 radical (unpaired) electrons. The first-order valence-electron chi connectivity index (χ1n) is 7.80. The number of aryl methyl sites for hydroxylation is 1. The second kappa shape index (κ2) is 6.93. The zero-order valence-corrected chi connectivity index (χ0v) is 14.6. The van der Waals surface area contributed by atoms with Crippen molar-refractivity contribution < 1.29 is 19.1 Å². The Morgan fingerprint density at radius 2 is 1.72 bits per heavy atom. The summed E-state index contributed by atoms with van der Waals surface area (Å²) in [6, 6.07) is 8.29. The van der Waals surface area contributed by atoms with Crippen molar-refractivity contribution in [3.63, 3.8) is 0 Å². The number of hydrogen-bond acceptors (Lipinski definition) is 3. The third-order valence-electron chi connectivity index (χ3n) is 3.61. The summed E-state index contributed by atoms with van der Waals surface area (Å²) in [5.41, 5.74) is 0.658. The second-order valence-electron chi connectivity index (χ2n) is 6.85. The average Bonchev–Trinajstić information content (AvgIpc) is 2.50. The number of phenols is 1. The Balaban J connectivity index is 2.24. The van der Waals surface area contributed by atoms with Gasteiger partial charge in [-0.15, -0.1) is 0 Å². The van der Waals surface area contributed by atoms with Gasteiger partial charge in [0, 0.05) is 16.8 Å². The summed E-state index contributed by atoms with van der Waals surface area (Å²) in [4.78, 5) is 24.4. The van der Waals surface area contributed by atoms with Crippen molar-refractivity contribution in [2.45, 2.75) is 27.7 Å². The molecule has 0 bridgehead atoms. The first-order valence-corrected chi connectivity index (χ1v) is 7.80. The molecular weight excluding hydrogens is 323 g/mol. The molecule has 0 fully saturated rings. The number of hydrogen-bond donors (Lipinski definition) is 3. The second-order valence-corrected chi connectivity index (χ2v) is 6.85. The zero-order chi connectivity index (χ0) is 18.8. The van der Waals surface area contributed by atoms with Crippen LogP contribution in [0.15, 0.2) is 36.4 Å². The van der Waals surface area contributed by atoms with Crippen LogP contribution in [0.1, 0.15) is 36.7 Å². The van der Waals surface area contributed by atoms with Crippen LogP contribution < -0.4 is 10.6 Å². The van der Waals surface area contributed by atoms with E-state index in [4.69, 9.17) is 0 Å². The monoisotopic (exact) mass is 344 g/mol. The third kappa shape index (κ3) is 4.56. The highest BCUT2D eigenvalue weighted by Crippen LogP contribution is 2.23. The Labute approximate surface area is 145 Å². The Morgan fingerprint density at radius 1 is 1.04 bits per heavy atom. The van der Waals surface area contributed by atoms with E-state index in [0.29, 0.717) is 16.9 Å². The van der Waals surface area contributed by atoms with Gasteiger partial charge >= 0.3 is 0 Å². The molecule has 0 saturated heterocycles. The molecule has 0 saturated carbocycles. The molecule has 0 unspecified atom stereocenters. The molecule has 132 valence electrons. The number of benzene rings is 2. The fraction of sp³-hybridized carbons (Fsp3) is 0.263. The van der Waals surface area contributed by atoms with Gasteiger partial charge in [-0.3, -0.25) is 9.59 Å². The van der Waals surface area contributed by atoms with Gasteiger partial charge in [0.2, 0.25) is 5.91 Å². The van der Waals surface area contributed by atoms with Crippen LogP contribution in [0, 0.1) is 18.2 Å². The maximum atomic E-state index is 14.0. The van der Waals surface area contributed by atoms with Gasteiger partial charge in [0.05, 0.1) is 5.56 Å². The standard InChI is InChI=1S/C19H21FN2O3/c1-11-9-13(23)6-8-16(11)22-17(24)14-10-12(5-7-15(14)20)21-18(25)19(2,3)4/h5-10,23H,1-4H3,(H,21,25)(H,22,24). The van der Waals surface area contributed by atoms with E-state index >= 15 is 0 Å². The SMILES string of the molecule is Cc1cc(O)ccc1NC(=O)c1cc(NC(=O)C(C)(C)C)ccc1F. The van der Waals surface area contributed by atoms with Gasteiger partial charge in [0.1, 0.15) is 11.6 Å². The molecule has 0 heterocycles. The van der Waals surface area contributed by atoms with E-state index in [1.807, 2.05) is 0 Å². The van der Waals surface area contributed by atoms with Crippen molar-refractivity contribution in [3.8, 4) is 5.75 Å². The quantitative estimate of drug-likeness (QED) is 0.734. The Hall–Kier alpha value is -2.89. The summed E-state index contributed by atoms with van der Waals surface area (Å²) in [6.45, 7) is 6.99. The molecule has 0 atom stereocenters. The number of anilines is 2. The lowest BCUT2D eigenvalue weighted by Crippen LogP contribution is -2.27. The molecule has 2 rings (SSSR count). The molecule has 2 amide bonds. The first kappa shape index (κ1) is 18.4. The van der Waals surface area contributed by atoms with Gasteiger partial charge in [0.15, 0.2) is 0 Å². The maximum absolute atomic E-state index is 14.0. The van der Waals surface area contributed by atoms with Gasteiger partial charge in [-0.1, -0.05) is 20.8 Å². The van der Waals surface area contributed by atoms with Crippen LogP contribution in [0.2, 0.25) is 0 Å². The molecule has 25 heavy (non-hydrogen) atoms. The molecule has 0 aliphatic rings. The predicted octanol–water partition coefficient (Wildman–Crippen LogP) is 4.08. The molecule has 0 spiro atoms. The van der Waals surface area contributed by atoms with Crippen molar-refractivity contribution in [1.82, 2.24) is 0 Å². The first-order chi connectivity index (χ1) is 11.6. The minimum absolute atomic E-state index is 0.0774. The fourth-order valence-corrected chi connectivity index (χ4v) is 2.07. The number of carbonyl (C=O) groups excluding carboxylic acids is 2. The molecule has 6 heteroatoms. The van der Waals surface area contributed by atoms with E-state index in [1.54, 1.807) is 27.7 Å². The Morgan fingerprint density at radius 3 is 2.32 bits per heavy atom. The Bertz CT molecular complexity index is 826. The highest BCUT2D eigenvalue weighted by Gasteiger charge is 2.22. The van der Waals surface area contributed by atoms with Gasteiger partial charge < -0.3 is 15.7 Å². The summed E-state index contributed by atoms with van der Waals surface area (Å²) < 4.78 is 14.0. The minimum Gasteiger partial charge on any atom is -0.508 e. The number of halogens is 1. The lowest BCUT2D eigenvalue weighted by molar-refractivity contribution is -0.123. The molecule has 5 nitrogen and oxygen atoms in total. The number of carbonyl (C=O) groups is 2. The van der Waals surface area contributed by atoms with E-state index in [9.17, 15) is 19.1 Å². The zero-order valence-electron chi connectivity index (χ0n) is 14.6. The summed E-state index contributed by atoms with van der Waals surface area (Å²) in [5.74, 6) is -1.49. The molecule has 0 aliphatic heterocycles. The minimum atomic E-state index is -0.692. The van der Waals surface area contributed by atoms with Crippen LogP contribution in [0.4, 0.5) is 15.8 Å². The van der Waals surface area contributed by atoms with Crippen LogP contribution in [0.3, 0.4) is 0 Å². The van der Waals surface area contributed by atoms with Crippen molar-refractivity contribution in [2.75, 3.05) is 10.6 Å². The largest absolute Gasteiger partial charge is 0.508 e. The van der Waals surface area contributed by atoms with E-state index in [2.05, 4.69) is 10.6 Å². The lowest BCUT2D eigenvalue weighted by atomic mass is 9.95.